The van der Waals surface area contributed by atoms with Gasteiger partial charge >= 0.3 is 0 Å². The van der Waals surface area contributed by atoms with Gasteiger partial charge in [0.25, 0.3) is 23.6 Å². The van der Waals surface area contributed by atoms with Gasteiger partial charge in [-0.15, -0.1) is 0 Å². The van der Waals surface area contributed by atoms with Crippen molar-refractivity contribution in [3.63, 3.8) is 0 Å². The third kappa shape index (κ3) is 13.4. The van der Waals surface area contributed by atoms with E-state index in [2.05, 4.69) is 49.0 Å². The lowest BCUT2D eigenvalue weighted by Gasteiger charge is -2.38. The molecule has 0 spiro atoms. The van der Waals surface area contributed by atoms with E-state index in [1.807, 2.05) is 121 Å². The van der Waals surface area contributed by atoms with E-state index in [-0.39, 0.29) is 121 Å². The molecule has 8 atom stereocenters. The Kier molecular flexibility index (Phi) is 20.9. The summed E-state index contributed by atoms with van der Waals surface area (Å²) < 4.78 is 0. The molecule has 4 aliphatic carbocycles. The van der Waals surface area contributed by atoms with Crippen molar-refractivity contribution in [1.82, 2.24) is 41.3 Å². The molecule has 8 aliphatic rings. The zero-order valence-electron chi connectivity index (χ0n) is 56.4. The summed E-state index contributed by atoms with van der Waals surface area (Å²) in [6.45, 7) is 8.30. The largest absolute Gasteiger partial charge is 0.349 e. The molecule has 96 heavy (non-hydrogen) atoms. The van der Waals surface area contributed by atoms with Crippen LogP contribution in [0.5, 0.6) is 0 Å². The minimum atomic E-state index is -2.10. The molecule has 0 radical (unpaired) electrons. The molecule has 4 heterocycles. The molecular weight excluding hydrogens is 1240 g/mol. The van der Waals surface area contributed by atoms with E-state index < -0.39 is 39.0 Å². The molecule has 8 amide bonds. The maximum atomic E-state index is 15.6. The third-order valence-corrected chi connectivity index (χ3v) is 29.0. The fraction of sp³-hybridized carbons (Fsp3) is 0.513. The molecule has 0 unspecified atom stereocenters. The number of carbonyl (C=O) groups excluding carboxylic acids is 8. The molecule has 0 bridgehead atoms. The second kappa shape index (κ2) is 29.8. The molecule has 16 nitrogen and oxygen atoms in total. The van der Waals surface area contributed by atoms with Crippen molar-refractivity contribution in [1.29, 1.82) is 0 Å². The summed E-state index contributed by atoms with van der Waals surface area (Å²) in [5, 5.41) is 21.5. The number of carbonyl (C=O) groups is 8. The highest BCUT2D eigenvalue weighted by atomic mass is 31.1. The van der Waals surface area contributed by atoms with E-state index in [0.29, 0.717) is 44.5 Å². The minimum Gasteiger partial charge on any atom is -0.349 e. The lowest BCUT2D eigenvalue weighted by molar-refractivity contribution is -0.171. The second-order valence-corrected chi connectivity index (χ2v) is 33.3. The first-order valence-electron chi connectivity index (χ1n) is 36.2. The van der Waals surface area contributed by atoms with Gasteiger partial charge in [-0.3, -0.25) is 38.4 Å². The molecule has 4 aliphatic heterocycles. The first-order chi connectivity index (χ1) is 46.7. The van der Waals surface area contributed by atoms with Crippen molar-refractivity contribution in [2.24, 2.45) is 23.7 Å². The van der Waals surface area contributed by atoms with Crippen LogP contribution >= 0.6 is 15.8 Å². The first kappa shape index (κ1) is 67.3. The topological polar surface area (TPSA) is 198 Å². The fourth-order valence-electron chi connectivity index (χ4n) is 17.5. The van der Waals surface area contributed by atoms with Crippen LogP contribution in [0, 0.1) is 23.7 Å². The van der Waals surface area contributed by atoms with Crippen molar-refractivity contribution in [2.75, 3.05) is 0 Å². The van der Waals surface area contributed by atoms with Crippen molar-refractivity contribution < 1.29 is 38.4 Å². The van der Waals surface area contributed by atoms with Crippen molar-refractivity contribution in [3.8, 4) is 0 Å². The van der Waals surface area contributed by atoms with Gasteiger partial charge < -0.3 is 21.3 Å². The van der Waals surface area contributed by atoms with E-state index >= 15 is 38.4 Å². The van der Waals surface area contributed by atoms with Gasteiger partial charge in [0.1, 0.15) is 23.1 Å². The summed E-state index contributed by atoms with van der Waals surface area (Å²) in [4.78, 5) is 124. The summed E-state index contributed by atoms with van der Waals surface area (Å²) in [6.07, 6.45) is 21.0. The van der Waals surface area contributed by atoms with E-state index in [4.69, 9.17) is 0 Å². The van der Waals surface area contributed by atoms with Crippen molar-refractivity contribution >= 4 is 73.7 Å². The van der Waals surface area contributed by atoms with Crippen LogP contribution in [0.1, 0.15) is 269 Å². The molecule has 4 saturated carbocycles. The zero-order valence-corrected chi connectivity index (χ0v) is 58.2. The van der Waals surface area contributed by atoms with Crippen molar-refractivity contribution in [2.45, 2.75) is 229 Å². The number of hydrogen-bond acceptors (Lipinski definition) is 8. The Bertz CT molecular complexity index is 3270. The Morgan fingerprint density at radius 3 is 0.729 bits per heavy atom. The number of hydrazine groups is 2. The average molecular weight is 1340 g/mol. The maximum absolute atomic E-state index is 15.6. The van der Waals surface area contributed by atoms with Crippen LogP contribution in [0.3, 0.4) is 0 Å². The van der Waals surface area contributed by atoms with Gasteiger partial charge in [-0.05, 0) is 176 Å². The molecule has 8 fully saturated rings. The quantitative estimate of drug-likeness (QED) is 0.0621. The lowest BCUT2D eigenvalue weighted by atomic mass is 9.84. The van der Waals surface area contributed by atoms with Gasteiger partial charge in [0.05, 0.1) is 0 Å². The van der Waals surface area contributed by atoms with Crippen molar-refractivity contribution in [3.05, 3.63) is 166 Å². The summed E-state index contributed by atoms with van der Waals surface area (Å²) in [5.41, 5.74) is 3.60. The van der Waals surface area contributed by atoms with Gasteiger partial charge in [0.2, 0.25) is 23.6 Å². The highest BCUT2D eigenvalue weighted by Crippen LogP contribution is 2.74. The minimum absolute atomic E-state index is 0.0844. The fourth-order valence-corrected chi connectivity index (χ4v) is 25.0. The normalized spacial score (nSPS) is 24.0. The number of nitrogens with one attached hydrogen (secondary N) is 4. The predicted molar refractivity (Wildman–Crippen MR) is 376 cm³/mol. The monoisotopic (exact) mass is 1330 g/mol. The highest BCUT2D eigenvalue weighted by molar-refractivity contribution is 7.73. The molecule has 4 saturated heterocycles. The lowest BCUT2D eigenvalue weighted by Crippen LogP contribution is -2.50. The predicted octanol–water partition coefficient (Wildman–Crippen LogP) is 14.2. The molecule has 18 heteroatoms. The zero-order chi connectivity index (χ0) is 66.7. The van der Waals surface area contributed by atoms with Crippen LogP contribution < -0.4 is 31.9 Å². The number of nitrogens with zero attached hydrogens (tertiary/aromatic N) is 4. The summed E-state index contributed by atoms with van der Waals surface area (Å²) in [6, 6.07) is 37.1. The number of hydrogen-bond donors (Lipinski definition) is 4. The van der Waals surface area contributed by atoms with Gasteiger partial charge in [0.15, 0.2) is 0 Å². The van der Waals surface area contributed by atoms with Gasteiger partial charge in [-0.25, -0.2) is 20.0 Å². The molecule has 5 aromatic carbocycles. The number of fused-ring (bicyclic) bond motifs is 2. The number of rotatable bonds is 18. The van der Waals surface area contributed by atoms with Gasteiger partial charge in [0, 0.05) is 72.1 Å². The van der Waals surface area contributed by atoms with Crippen LogP contribution in [0.25, 0.3) is 0 Å². The summed E-state index contributed by atoms with van der Waals surface area (Å²) in [5.74, 6) is -5.25. The van der Waals surface area contributed by atoms with E-state index in [0.717, 1.165) is 139 Å². The second-order valence-electron chi connectivity index (χ2n) is 28.7. The van der Waals surface area contributed by atoms with E-state index in [1.54, 1.807) is 20.0 Å². The Balaban J connectivity index is 1.04. The molecule has 4 N–H and O–H groups in total. The number of amides is 8. The van der Waals surface area contributed by atoms with Gasteiger partial charge in [-0.2, -0.15) is 0 Å². The van der Waals surface area contributed by atoms with E-state index in [9.17, 15) is 0 Å². The molecule has 506 valence electrons. The Morgan fingerprint density at radius 1 is 0.312 bits per heavy atom. The maximum Gasteiger partial charge on any atom is 0.251 e. The third-order valence-electron chi connectivity index (χ3n) is 22.8. The molecule has 0 aromatic heterocycles. The Hall–Kier alpha value is -7.28. The van der Waals surface area contributed by atoms with Crippen LogP contribution in [-0.4, -0.2) is 91.5 Å². The Morgan fingerprint density at radius 2 is 0.510 bits per heavy atom. The van der Waals surface area contributed by atoms with Crippen LogP contribution in [-0.2, 0) is 19.2 Å². The first-order valence-corrected chi connectivity index (χ1v) is 39.2. The average Bonchev–Trinajstić information content (AvgIpc) is 1.55. The molecular formula is C78H96N8O8P2. The van der Waals surface area contributed by atoms with E-state index in [1.165, 1.54) is 0 Å². The smallest absolute Gasteiger partial charge is 0.251 e. The molecule has 5 aromatic rings. The SMILES string of the molecule is C[C@H](NC(=O)c1ccccc1[C@H]1N2C(=O)CCC(=O)N2[C@H](c2ccccc2C(=O)N[C@@H](C)C2CCCCC2)P1c1ccccc1P1[C@@H](c2ccccc2C(=O)N[C@@H](C)C2CCCCC2)N2C(=O)CCC(=O)N2[C@@H]1c1ccccc1C(=O)N[C@@H](C)C1CCCCC1)C1CCCCC1. The van der Waals surface area contributed by atoms with Crippen LogP contribution in [0.4, 0.5) is 0 Å². The summed E-state index contributed by atoms with van der Waals surface area (Å²) >= 11 is 0. The number of benzene rings is 5. The Labute approximate surface area is 569 Å². The van der Waals surface area contributed by atoms with Crippen LogP contribution in [0.2, 0.25) is 0 Å². The highest BCUT2D eigenvalue weighted by Gasteiger charge is 2.61. The van der Waals surface area contributed by atoms with Crippen LogP contribution in [0.15, 0.2) is 121 Å². The summed E-state index contributed by atoms with van der Waals surface area (Å²) in [7, 11) is -4.21. The van der Waals surface area contributed by atoms with Gasteiger partial charge in [-0.1, -0.05) is 174 Å². The molecule has 13 rings (SSSR count). The standard InChI is InChI=1S/C78H96N8O8P2/c1-49(53-27-9-5-10-28-53)79-71(91)57-35-17-21-39-61(57)75-83-67(87)45-46-68(88)84(83)76(62-40-22-18-36-58(62)72(92)80-50(2)54-29-11-6-12-30-54)95(75)65-43-25-26-44-66(65)96-77(63-41-23-19-37-59(63)73(93)81-51(3)55-31-13-7-14-32-55)85-69(89)47-48-70(90)86(85)78(96)64-42-24-20-38-60(64)74(94)82-52(4)56-33-15-8-16-34-56/h17-26,35-44,49-56,75-78H,5-16,27-34,45-48H2,1-4H3,(H,79,91)(H,80,92)(H,81,93)(H,82,94)/t49-,50-,51-,52-,75-,76-,77-,78-/m0/s1.